The first-order chi connectivity index (χ1) is 9.04. The Hall–Kier alpha value is -1.84. The van der Waals surface area contributed by atoms with E-state index < -0.39 is 5.97 Å². The highest BCUT2D eigenvalue weighted by atomic mass is 35.5. The molecule has 0 bridgehead atoms. The van der Waals surface area contributed by atoms with E-state index in [1.54, 1.807) is 0 Å². The fraction of sp³-hybridized carbons (Fsp3) is 0.133. The lowest BCUT2D eigenvalue weighted by molar-refractivity contribution is -0.134. The van der Waals surface area contributed by atoms with Crippen molar-refractivity contribution in [2.24, 2.45) is 0 Å². The van der Waals surface area contributed by atoms with Crippen LogP contribution in [0.3, 0.4) is 0 Å². The normalized spacial score (nSPS) is 9.42. The highest BCUT2D eigenvalue weighted by Gasteiger charge is 2.01. The number of benzene rings is 2. The molecule has 100 valence electrons. The van der Waals surface area contributed by atoms with Gasteiger partial charge >= 0.3 is 0 Å². The van der Waals surface area contributed by atoms with Gasteiger partial charge in [-0.25, -0.2) is 0 Å². The van der Waals surface area contributed by atoms with E-state index in [-0.39, 0.29) is 6.61 Å². The zero-order valence-corrected chi connectivity index (χ0v) is 11.3. The van der Waals surface area contributed by atoms with Gasteiger partial charge in [-0.1, -0.05) is 54.1 Å². The monoisotopic (exact) mass is 278 g/mol. The van der Waals surface area contributed by atoms with E-state index in [4.69, 9.17) is 26.6 Å². The number of hydrogen-bond donors (Lipinski definition) is 2. The molecule has 2 aromatic carbocycles. The topological polar surface area (TPSA) is 57.5 Å². The summed E-state index contributed by atoms with van der Waals surface area (Å²) in [5.74, 6) is -0.833. The van der Waals surface area contributed by atoms with Crippen molar-refractivity contribution in [2.45, 2.75) is 13.5 Å². The molecule has 19 heavy (non-hydrogen) atoms. The van der Waals surface area contributed by atoms with Crippen molar-refractivity contribution in [1.82, 2.24) is 0 Å². The van der Waals surface area contributed by atoms with Gasteiger partial charge in [0.05, 0.1) is 6.61 Å². The van der Waals surface area contributed by atoms with Crippen molar-refractivity contribution in [3.05, 3.63) is 59.1 Å². The van der Waals surface area contributed by atoms with Gasteiger partial charge in [0.15, 0.2) is 0 Å². The van der Waals surface area contributed by atoms with Crippen LogP contribution in [0.25, 0.3) is 11.1 Å². The smallest absolute Gasteiger partial charge is 0.300 e. The molecule has 0 aliphatic rings. The van der Waals surface area contributed by atoms with Crippen LogP contribution in [-0.2, 0) is 11.4 Å². The number of aliphatic hydroxyl groups is 1. The third-order valence-electron chi connectivity index (χ3n) is 2.32. The predicted octanol–water partition coefficient (Wildman–Crippen LogP) is 3.59. The standard InChI is InChI=1S/C13H11ClO.C2H4O2/c14-13-4-2-1-3-12(13)11-7-5-10(9-15)6-8-11;1-2(3)4/h1-8,15H,9H2;1H3,(H,3,4). The number of carbonyl (C=O) groups is 1. The van der Waals surface area contributed by atoms with E-state index in [1.807, 2.05) is 48.5 Å². The Balaban J connectivity index is 0.000000399. The summed E-state index contributed by atoms with van der Waals surface area (Å²) in [5.41, 5.74) is 2.99. The number of halogens is 1. The van der Waals surface area contributed by atoms with Crippen molar-refractivity contribution in [3.8, 4) is 11.1 Å². The summed E-state index contributed by atoms with van der Waals surface area (Å²) in [6, 6.07) is 15.5. The van der Waals surface area contributed by atoms with Gasteiger partial charge in [0.1, 0.15) is 0 Å². The van der Waals surface area contributed by atoms with Crippen LogP contribution in [-0.4, -0.2) is 16.2 Å². The van der Waals surface area contributed by atoms with E-state index in [9.17, 15) is 0 Å². The van der Waals surface area contributed by atoms with Crippen LogP contribution < -0.4 is 0 Å². The summed E-state index contributed by atoms with van der Waals surface area (Å²) in [6.45, 7) is 1.16. The van der Waals surface area contributed by atoms with Crippen LogP contribution in [0, 0.1) is 0 Å². The van der Waals surface area contributed by atoms with Crippen LogP contribution >= 0.6 is 11.6 Å². The van der Waals surface area contributed by atoms with Gasteiger partial charge in [-0.2, -0.15) is 0 Å². The second-order valence-electron chi connectivity index (χ2n) is 3.85. The Bertz CT molecular complexity index is 531. The Kier molecular flexibility index (Phi) is 6.06. The highest BCUT2D eigenvalue weighted by Crippen LogP contribution is 2.27. The molecule has 0 fully saturated rings. The number of carboxylic acids is 1. The second-order valence-corrected chi connectivity index (χ2v) is 4.26. The summed E-state index contributed by atoms with van der Waals surface area (Å²) >= 11 is 6.08. The molecule has 0 heterocycles. The molecule has 0 aliphatic heterocycles. The summed E-state index contributed by atoms with van der Waals surface area (Å²) in [7, 11) is 0. The molecule has 3 nitrogen and oxygen atoms in total. The summed E-state index contributed by atoms with van der Waals surface area (Å²) in [4.78, 5) is 9.00. The molecule has 0 atom stereocenters. The molecular weight excluding hydrogens is 264 g/mol. The average molecular weight is 279 g/mol. The molecule has 2 N–H and O–H groups in total. The molecule has 2 rings (SSSR count). The predicted molar refractivity (Wildman–Crippen MR) is 76.1 cm³/mol. The quantitative estimate of drug-likeness (QED) is 0.882. The van der Waals surface area contributed by atoms with Gasteiger partial charge in [-0.05, 0) is 17.2 Å². The molecule has 0 saturated carbocycles. The maximum atomic E-state index is 9.00. The van der Waals surface area contributed by atoms with Crippen molar-refractivity contribution < 1.29 is 15.0 Å². The number of aliphatic carboxylic acids is 1. The van der Waals surface area contributed by atoms with Gasteiger partial charge in [0.2, 0.25) is 0 Å². The van der Waals surface area contributed by atoms with Crippen molar-refractivity contribution in [1.29, 1.82) is 0 Å². The molecule has 0 radical (unpaired) electrons. The summed E-state index contributed by atoms with van der Waals surface area (Å²) < 4.78 is 0. The third-order valence-corrected chi connectivity index (χ3v) is 2.65. The Morgan fingerprint density at radius 1 is 1.11 bits per heavy atom. The maximum Gasteiger partial charge on any atom is 0.300 e. The SMILES string of the molecule is CC(=O)O.OCc1ccc(-c2ccccc2Cl)cc1. The van der Waals surface area contributed by atoms with Crippen LogP contribution in [0.5, 0.6) is 0 Å². The molecule has 0 aliphatic carbocycles. The van der Waals surface area contributed by atoms with Crippen molar-refractivity contribution >= 4 is 17.6 Å². The van der Waals surface area contributed by atoms with E-state index >= 15 is 0 Å². The van der Waals surface area contributed by atoms with Crippen molar-refractivity contribution in [2.75, 3.05) is 0 Å². The van der Waals surface area contributed by atoms with E-state index in [0.717, 1.165) is 28.6 Å². The van der Waals surface area contributed by atoms with Gasteiger partial charge in [0.25, 0.3) is 5.97 Å². The zero-order valence-electron chi connectivity index (χ0n) is 10.5. The van der Waals surface area contributed by atoms with E-state index in [1.165, 1.54) is 0 Å². The molecule has 0 amide bonds. The van der Waals surface area contributed by atoms with E-state index in [2.05, 4.69) is 0 Å². The minimum absolute atomic E-state index is 0.0722. The molecular formula is C15H15ClO3. The first-order valence-corrected chi connectivity index (χ1v) is 6.06. The lowest BCUT2D eigenvalue weighted by Gasteiger charge is -2.04. The Labute approximate surface area is 117 Å². The lowest BCUT2D eigenvalue weighted by Crippen LogP contribution is -1.83. The van der Waals surface area contributed by atoms with Gasteiger partial charge < -0.3 is 10.2 Å². The highest BCUT2D eigenvalue weighted by molar-refractivity contribution is 6.33. The lowest BCUT2D eigenvalue weighted by atomic mass is 10.0. The Morgan fingerprint density at radius 3 is 2.11 bits per heavy atom. The van der Waals surface area contributed by atoms with Gasteiger partial charge in [0, 0.05) is 17.5 Å². The van der Waals surface area contributed by atoms with Crippen LogP contribution in [0.2, 0.25) is 5.02 Å². The average Bonchev–Trinajstić information content (AvgIpc) is 2.39. The molecule has 0 spiro atoms. The molecule has 4 heteroatoms. The minimum Gasteiger partial charge on any atom is -0.481 e. The van der Waals surface area contributed by atoms with Gasteiger partial charge in [-0.15, -0.1) is 0 Å². The fourth-order valence-corrected chi connectivity index (χ4v) is 1.73. The number of carboxylic acid groups (broad SMARTS) is 1. The van der Waals surface area contributed by atoms with Crippen LogP contribution in [0.1, 0.15) is 12.5 Å². The van der Waals surface area contributed by atoms with Crippen LogP contribution in [0.4, 0.5) is 0 Å². The summed E-state index contributed by atoms with van der Waals surface area (Å²) in [6.07, 6.45) is 0. The first kappa shape index (κ1) is 15.2. The Morgan fingerprint density at radius 2 is 1.63 bits per heavy atom. The second kappa shape index (κ2) is 7.56. The number of aliphatic hydroxyl groups excluding tert-OH is 1. The molecule has 0 aromatic heterocycles. The minimum atomic E-state index is -0.833. The van der Waals surface area contributed by atoms with E-state index in [0.29, 0.717) is 0 Å². The molecule has 0 saturated heterocycles. The number of hydrogen-bond acceptors (Lipinski definition) is 2. The first-order valence-electron chi connectivity index (χ1n) is 5.69. The fourth-order valence-electron chi connectivity index (χ4n) is 1.49. The van der Waals surface area contributed by atoms with Crippen LogP contribution in [0.15, 0.2) is 48.5 Å². The van der Waals surface area contributed by atoms with Gasteiger partial charge in [-0.3, -0.25) is 4.79 Å². The zero-order chi connectivity index (χ0) is 14.3. The third kappa shape index (κ3) is 5.12. The largest absolute Gasteiger partial charge is 0.481 e. The number of rotatable bonds is 2. The molecule has 2 aromatic rings. The maximum absolute atomic E-state index is 9.00. The summed E-state index contributed by atoms with van der Waals surface area (Å²) in [5, 5.41) is 17.1. The molecule has 0 unspecified atom stereocenters. The van der Waals surface area contributed by atoms with Crippen molar-refractivity contribution in [3.63, 3.8) is 0 Å².